The number of esters is 2. The minimum absolute atomic E-state index is 0.173. The molecule has 0 aliphatic rings. The van der Waals surface area contributed by atoms with Crippen LogP contribution >= 0.6 is 0 Å². The van der Waals surface area contributed by atoms with Gasteiger partial charge in [-0.1, -0.05) is 360 Å². The van der Waals surface area contributed by atoms with Crippen LogP contribution in [0.5, 0.6) is 0 Å². The summed E-state index contributed by atoms with van der Waals surface area (Å²) >= 11 is 0. The zero-order chi connectivity index (χ0) is 61.9. The van der Waals surface area contributed by atoms with E-state index in [2.05, 4.69) is 26.0 Å². The van der Waals surface area contributed by atoms with Gasteiger partial charge in [-0.2, -0.15) is 0 Å². The lowest BCUT2D eigenvalue weighted by Gasteiger charge is -2.25. The Morgan fingerprint density at radius 3 is 0.871 bits per heavy atom. The van der Waals surface area contributed by atoms with Gasteiger partial charge in [-0.3, -0.25) is 9.59 Å². The van der Waals surface area contributed by atoms with Crippen molar-refractivity contribution in [2.24, 2.45) is 0 Å². The van der Waals surface area contributed by atoms with Crippen molar-refractivity contribution in [3.05, 3.63) is 12.2 Å². The first kappa shape index (κ1) is 83.0. The quantitative estimate of drug-likeness (QED) is 0.0211. The van der Waals surface area contributed by atoms with E-state index in [0.717, 1.165) is 38.5 Å². The molecule has 9 heteroatoms. The summed E-state index contributed by atoms with van der Waals surface area (Å²) < 4.78 is 23.0. The van der Waals surface area contributed by atoms with E-state index in [-0.39, 0.29) is 38.2 Å². The summed E-state index contributed by atoms with van der Waals surface area (Å²) in [5.41, 5.74) is 0. The number of nitrogens with zero attached hydrogens (tertiary/aromatic N) is 1. The lowest BCUT2D eigenvalue weighted by molar-refractivity contribution is -0.870. The number of quaternary nitrogens is 1. The van der Waals surface area contributed by atoms with Crippen LogP contribution in [0.25, 0.3) is 0 Å². The maximum Gasteiger partial charge on any atom is 0.361 e. The number of carbonyl (C=O) groups excluding carboxylic acids is 2. The second-order valence-corrected chi connectivity index (χ2v) is 27.3. The molecule has 0 saturated heterocycles. The molecule has 2 unspecified atom stereocenters. The third kappa shape index (κ3) is 69.4. The third-order valence-electron chi connectivity index (χ3n) is 17.5. The van der Waals surface area contributed by atoms with Crippen LogP contribution in [0.1, 0.15) is 399 Å². The highest BCUT2D eigenvalue weighted by Gasteiger charge is 2.25. The fourth-order valence-electron chi connectivity index (χ4n) is 11.7. The van der Waals surface area contributed by atoms with E-state index in [4.69, 9.17) is 18.9 Å². The van der Waals surface area contributed by atoms with Gasteiger partial charge in [0.2, 0.25) is 0 Å². The van der Waals surface area contributed by atoms with Gasteiger partial charge in [0.25, 0.3) is 6.29 Å². The Labute approximate surface area is 529 Å². The lowest BCUT2D eigenvalue weighted by Crippen LogP contribution is -2.40. The number of aliphatic carboxylic acids is 1. The first-order valence-electron chi connectivity index (χ1n) is 37.9. The van der Waals surface area contributed by atoms with E-state index in [1.807, 2.05) is 21.1 Å². The van der Waals surface area contributed by atoms with E-state index in [9.17, 15) is 19.5 Å². The topological polar surface area (TPSA) is 108 Å². The number of hydrogen-bond donors (Lipinski definition) is 1. The standard InChI is InChI=1S/C76H147NO8/c1-6-8-10-12-14-16-18-20-22-24-26-28-29-30-31-32-33-34-35-36-37-38-39-40-41-42-43-44-45-47-49-51-53-55-57-59-61-63-65-67-74(79)85-72(71-84-76(75(80)81)82-69-68-77(3,4)5)70-83-73(78)66-64-62-60-58-56-54-52-50-48-46-27-25-23-21-19-17-15-13-11-9-7-2/h24,26,72,76H,6-23,25,27-71H2,1-5H3/p+1/b26-24-. The van der Waals surface area contributed by atoms with Crippen LogP contribution in [0.4, 0.5) is 0 Å². The molecule has 0 bridgehead atoms. The molecule has 0 aliphatic carbocycles. The van der Waals surface area contributed by atoms with Gasteiger partial charge in [0, 0.05) is 12.8 Å². The molecule has 0 aromatic carbocycles. The number of likely N-dealkylation sites (N-methyl/N-ethyl adjacent to an activating group) is 1. The molecule has 85 heavy (non-hydrogen) atoms. The van der Waals surface area contributed by atoms with Gasteiger partial charge >= 0.3 is 17.9 Å². The van der Waals surface area contributed by atoms with Gasteiger partial charge in [-0.15, -0.1) is 0 Å². The Balaban J connectivity index is 3.93. The van der Waals surface area contributed by atoms with Crippen molar-refractivity contribution in [1.82, 2.24) is 0 Å². The lowest BCUT2D eigenvalue weighted by atomic mass is 10.0. The molecule has 0 saturated carbocycles. The van der Waals surface area contributed by atoms with Crippen LogP contribution in [0, 0.1) is 0 Å². The van der Waals surface area contributed by atoms with Crippen molar-refractivity contribution in [1.29, 1.82) is 0 Å². The first-order valence-corrected chi connectivity index (χ1v) is 37.9. The molecule has 9 nitrogen and oxygen atoms in total. The van der Waals surface area contributed by atoms with Crippen molar-refractivity contribution >= 4 is 17.9 Å². The number of carboxylic acids is 1. The van der Waals surface area contributed by atoms with Gasteiger partial charge in [-0.05, 0) is 38.5 Å². The van der Waals surface area contributed by atoms with Crippen LogP contribution in [0.2, 0.25) is 0 Å². The normalized spacial score (nSPS) is 12.6. The highest BCUT2D eigenvalue weighted by Crippen LogP contribution is 2.20. The summed E-state index contributed by atoms with van der Waals surface area (Å²) in [6.45, 7) is 4.97. The third-order valence-corrected chi connectivity index (χ3v) is 17.5. The SMILES string of the molecule is CCCCCCCCCC/C=C\CCCCCCCCCCCCCCCCCCCCCCCCCCCCCC(=O)OC(COC(=O)CCCCCCCCCCCCCCCCCCCCCCC)COC(OCC[N+](C)(C)C)C(=O)O. The number of allylic oxidation sites excluding steroid dienone is 2. The van der Waals surface area contributed by atoms with E-state index in [1.54, 1.807) is 0 Å². The van der Waals surface area contributed by atoms with E-state index >= 15 is 0 Å². The molecule has 504 valence electrons. The second-order valence-electron chi connectivity index (χ2n) is 27.3. The second kappa shape index (κ2) is 68.0. The summed E-state index contributed by atoms with van der Waals surface area (Å²) in [5.74, 6) is -1.97. The number of carboxylic acid groups (broad SMARTS) is 1. The van der Waals surface area contributed by atoms with Crippen molar-refractivity contribution in [3.63, 3.8) is 0 Å². The molecular formula is C76H148NO8+. The molecule has 0 fully saturated rings. The molecule has 0 aliphatic heterocycles. The molecule has 0 aromatic heterocycles. The van der Waals surface area contributed by atoms with Gasteiger partial charge in [-0.25, -0.2) is 4.79 Å². The zero-order valence-electron chi connectivity index (χ0n) is 57.8. The highest BCUT2D eigenvalue weighted by atomic mass is 16.7. The molecule has 0 rings (SSSR count). The van der Waals surface area contributed by atoms with Crippen LogP contribution in [-0.2, 0) is 33.3 Å². The fraction of sp³-hybridized carbons (Fsp3) is 0.934. The molecule has 2 atom stereocenters. The Kier molecular flexibility index (Phi) is 66.4. The van der Waals surface area contributed by atoms with Crippen LogP contribution in [0.3, 0.4) is 0 Å². The Morgan fingerprint density at radius 2 is 0.600 bits per heavy atom. The van der Waals surface area contributed by atoms with Crippen LogP contribution in [-0.4, -0.2) is 87.4 Å². The maximum atomic E-state index is 13.0. The molecule has 0 heterocycles. The fourth-order valence-corrected chi connectivity index (χ4v) is 11.7. The van der Waals surface area contributed by atoms with Gasteiger partial charge in [0.1, 0.15) is 13.2 Å². The number of carbonyl (C=O) groups is 3. The number of ether oxygens (including phenoxy) is 4. The van der Waals surface area contributed by atoms with Crippen LogP contribution in [0.15, 0.2) is 12.2 Å². The van der Waals surface area contributed by atoms with Crippen molar-refractivity contribution in [3.8, 4) is 0 Å². The molecule has 1 N–H and O–H groups in total. The summed E-state index contributed by atoms with van der Waals surface area (Å²) in [6.07, 6.45) is 80.8. The van der Waals surface area contributed by atoms with E-state index < -0.39 is 18.4 Å². The van der Waals surface area contributed by atoms with Crippen molar-refractivity contribution in [2.75, 3.05) is 47.5 Å². The number of rotatable bonds is 72. The molecule has 0 radical (unpaired) electrons. The Hall–Kier alpha value is -1.97. The van der Waals surface area contributed by atoms with E-state index in [0.29, 0.717) is 17.4 Å². The molecule has 0 spiro atoms. The van der Waals surface area contributed by atoms with Crippen molar-refractivity contribution in [2.45, 2.75) is 411 Å². The van der Waals surface area contributed by atoms with Crippen LogP contribution < -0.4 is 0 Å². The summed E-state index contributed by atoms with van der Waals surface area (Å²) in [7, 11) is 6.00. The number of hydrogen-bond acceptors (Lipinski definition) is 7. The smallest absolute Gasteiger partial charge is 0.361 e. The Bertz CT molecular complexity index is 1400. The predicted molar refractivity (Wildman–Crippen MR) is 365 cm³/mol. The van der Waals surface area contributed by atoms with Gasteiger partial charge < -0.3 is 28.5 Å². The maximum absolute atomic E-state index is 13.0. The average molecular weight is 1200 g/mol. The summed E-state index contributed by atoms with van der Waals surface area (Å²) in [5, 5.41) is 9.75. The van der Waals surface area contributed by atoms with Crippen molar-refractivity contribution < 1.29 is 42.9 Å². The monoisotopic (exact) mass is 1200 g/mol. The number of unbranched alkanes of at least 4 members (excludes halogenated alkanes) is 55. The van der Waals surface area contributed by atoms with E-state index in [1.165, 1.54) is 334 Å². The Morgan fingerprint density at radius 1 is 0.341 bits per heavy atom. The predicted octanol–water partition coefficient (Wildman–Crippen LogP) is 23.6. The first-order chi connectivity index (χ1) is 41.6. The molecular weight excluding hydrogens is 1050 g/mol. The van der Waals surface area contributed by atoms with Gasteiger partial charge in [0.05, 0.1) is 34.4 Å². The van der Waals surface area contributed by atoms with Gasteiger partial charge in [0.15, 0.2) is 6.10 Å². The minimum atomic E-state index is -1.51. The highest BCUT2D eigenvalue weighted by molar-refractivity contribution is 5.71. The largest absolute Gasteiger partial charge is 0.477 e. The molecule has 0 aromatic rings. The average Bonchev–Trinajstić information content (AvgIpc) is 3.49. The summed E-state index contributed by atoms with van der Waals surface area (Å²) in [6, 6.07) is 0. The molecule has 0 amide bonds. The zero-order valence-corrected chi connectivity index (χ0v) is 57.8. The minimum Gasteiger partial charge on any atom is -0.477 e. The summed E-state index contributed by atoms with van der Waals surface area (Å²) in [4.78, 5) is 37.6.